The Balaban J connectivity index is 2.11. The number of halogens is 2. The van der Waals surface area contributed by atoms with Crippen molar-refractivity contribution in [2.45, 2.75) is 26.4 Å². The Morgan fingerprint density at radius 2 is 2.10 bits per heavy atom. The van der Waals surface area contributed by atoms with Crippen LogP contribution >= 0.6 is 23.2 Å². The zero-order valence-corrected chi connectivity index (χ0v) is 13.7. The minimum Gasteiger partial charge on any atom is -0.486 e. The first kappa shape index (κ1) is 16.1. The summed E-state index contributed by atoms with van der Waals surface area (Å²) in [7, 11) is 1.86. The topological polar surface area (TPSA) is 53.1 Å². The summed E-state index contributed by atoms with van der Waals surface area (Å²) in [6.45, 7) is 2.95. The van der Waals surface area contributed by atoms with E-state index in [4.69, 9.17) is 33.7 Å². The van der Waals surface area contributed by atoms with Gasteiger partial charge in [0.25, 0.3) is 0 Å². The first-order valence-electron chi connectivity index (χ1n) is 6.88. The maximum absolute atomic E-state index is 6.29. The van der Waals surface area contributed by atoms with E-state index in [1.165, 1.54) is 0 Å². The van der Waals surface area contributed by atoms with Crippen LogP contribution in [0.3, 0.4) is 0 Å². The fraction of sp³-hybridized carbons (Fsp3) is 0.400. The third-order valence-corrected chi connectivity index (χ3v) is 4.03. The van der Waals surface area contributed by atoms with Crippen LogP contribution in [0.2, 0.25) is 10.0 Å². The van der Waals surface area contributed by atoms with Gasteiger partial charge in [0, 0.05) is 7.05 Å². The van der Waals surface area contributed by atoms with E-state index < -0.39 is 0 Å². The monoisotopic (exact) mass is 327 g/mol. The number of aryl methyl sites for hydroxylation is 2. The lowest BCUT2D eigenvalue weighted by molar-refractivity contribution is 0.295. The molecule has 0 bridgehead atoms. The molecule has 0 saturated heterocycles. The van der Waals surface area contributed by atoms with Crippen molar-refractivity contribution < 1.29 is 4.74 Å². The van der Waals surface area contributed by atoms with Crippen LogP contribution in [0.4, 0.5) is 0 Å². The molecule has 0 fully saturated rings. The fourth-order valence-electron chi connectivity index (χ4n) is 2.11. The van der Waals surface area contributed by atoms with Gasteiger partial charge in [0.2, 0.25) is 0 Å². The van der Waals surface area contributed by atoms with E-state index in [0.29, 0.717) is 28.9 Å². The number of ether oxygens (including phenoxy) is 1. The van der Waals surface area contributed by atoms with Crippen LogP contribution in [0.1, 0.15) is 23.9 Å². The molecule has 2 aromatic rings. The molecule has 0 radical (unpaired) electrons. The van der Waals surface area contributed by atoms with E-state index in [2.05, 4.69) is 5.10 Å². The molecule has 2 rings (SSSR count). The molecule has 0 spiro atoms. The lowest BCUT2D eigenvalue weighted by Crippen LogP contribution is -2.05. The predicted molar refractivity (Wildman–Crippen MR) is 86.1 cm³/mol. The molecule has 4 nitrogen and oxygen atoms in total. The summed E-state index contributed by atoms with van der Waals surface area (Å²) in [5.41, 5.74) is 8.35. The van der Waals surface area contributed by atoms with Crippen LogP contribution in [0.25, 0.3) is 0 Å². The highest BCUT2D eigenvalue weighted by atomic mass is 35.5. The molecular formula is C15H19Cl2N3O. The molecule has 21 heavy (non-hydrogen) atoms. The Bertz CT molecular complexity index is 626. The van der Waals surface area contributed by atoms with Gasteiger partial charge in [0.05, 0.1) is 21.4 Å². The van der Waals surface area contributed by atoms with Crippen LogP contribution in [0, 0.1) is 0 Å². The van der Waals surface area contributed by atoms with Gasteiger partial charge in [0.1, 0.15) is 12.4 Å². The minimum absolute atomic E-state index is 0.332. The van der Waals surface area contributed by atoms with Crippen LogP contribution in [-0.4, -0.2) is 16.3 Å². The highest BCUT2D eigenvalue weighted by Gasteiger charge is 2.14. The Kier molecular flexibility index (Phi) is 5.51. The van der Waals surface area contributed by atoms with E-state index >= 15 is 0 Å². The highest BCUT2D eigenvalue weighted by Crippen LogP contribution is 2.28. The number of aromatic nitrogens is 2. The average molecular weight is 328 g/mol. The summed E-state index contributed by atoms with van der Waals surface area (Å²) in [6.07, 6.45) is 1.59. The Labute approximate surface area is 134 Å². The van der Waals surface area contributed by atoms with Crippen molar-refractivity contribution in [2.24, 2.45) is 12.8 Å². The molecule has 1 aromatic heterocycles. The molecule has 2 N–H and O–H groups in total. The smallest absolute Gasteiger partial charge is 0.138 e. The zero-order valence-electron chi connectivity index (χ0n) is 12.2. The predicted octanol–water partition coefficient (Wildman–Crippen LogP) is 3.37. The van der Waals surface area contributed by atoms with E-state index in [9.17, 15) is 0 Å². The number of hydrogen-bond donors (Lipinski definition) is 1. The normalized spacial score (nSPS) is 10.9. The van der Waals surface area contributed by atoms with Crippen LogP contribution in [0.15, 0.2) is 18.2 Å². The van der Waals surface area contributed by atoms with Crippen molar-refractivity contribution in [3.8, 4) is 5.75 Å². The molecule has 0 atom stereocenters. The van der Waals surface area contributed by atoms with Crippen molar-refractivity contribution in [2.75, 3.05) is 6.54 Å². The van der Waals surface area contributed by atoms with Crippen LogP contribution in [0.5, 0.6) is 5.75 Å². The number of nitrogens with two attached hydrogens (primary N) is 1. The van der Waals surface area contributed by atoms with Crippen LogP contribution < -0.4 is 10.5 Å². The first-order chi connectivity index (χ1) is 10.1. The molecule has 114 valence electrons. The second-order valence-corrected chi connectivity index (χ2v) is 5.56. The summed E-state index contributed by atoms with van der Waals surface area (Å²) in [6, 6.07) is 5.71. The van der Waals surface area contributed by atoms with Crippen molar-refractivity contribution in [3.63, 3.8) is 0 Å². The van der Waals surface area contributed by atoms with Gasteiger partial charge in [-0.05, 0) is 37.1 Å². The average Bonchev–Trinajstić information content (AvgIpc) is 2.73. The molecule has 0 aliphatic carbocycles. The fourth-order valence-corrected chi connectivity index (χ4v) is 2.71. The quantitative estimate of drug-likeness (QED) is 0.884. The molecule has 0 aliphatic heterocycles. The molecule has 1 heterocycles. The molecule has 0 amide bonds. The van der Waals surface area contributed by atoms with Gasteiger partial charge in [-0.2, -0.15) is 5.10 Å². The van der Waals surface area contributed by atoms with Crippen molar-refractivity contribution in [1.29, 1.82) is 0 Å². The van der Waals surface area contributed by atoms with Crippen LogP contribution in [-0.2, 0) is 26.5 Å². The van der Waals surface area contributed by atoms with Crippen molar-refractivity contribution in [1.82, 2.24) is 9.78 Å². The Morgan fingerprint density at radius 3 is 2.67 bits per heavy atom. The summed E-state index contributed by atoms with van der Waals surface area (Å²) in [5.74, 6) is 0.632. The largest absolute Gasteiger partial charge is 0.486 e. The number of nitrogens with zero attached hydrogens (tertiary/aromatic N) is 2. The standard InChI is InChI=1S/C15H19Cl2N3O/c1-3-12-15(17)13(20(2)19-12)9-21-14-5-4-10(6-7-18)8-11(14)16/h4-5,8H,3,6-7,9,18H2,1-2H3. The van der Waals surface area contributed by atoms with Crippen molar-refractivity contribution >= 4 is 23.2 Å². The lowest BCUT2D eigenvalue weighted by atomic mass is 10.1. The van der Waals surface area contributed by atoms with E-state index in [1.807, 2.05) is 32.2 Å². The zero-order chi connectivity index (χ0) is 15.4. The summed E-state index contributed by atoms with van der Waals surface area (Å²) in [4.78, 5) is 0. The van der Waals surface area contributed by atoms with Gasteiger partial charge >= 0.3 is 0 Å². The molecular weight excluding hydrogens is 309 g/mol. The number of rotatable bonds is 6. The number of hydrogen-bond acceptors (Lipinski definition) is 3. The van der Waals surface area contributed by atoms with Gasteiger partial charge in [-0.25, -0.2) is 0 Å². The van der Waals surface area contributed by atoms with Gasteiger partial charge in [-0.3, -0.25) is 4.68 Å². The second-order valence-electron chi connectivity index (χ2n) is 4.78. The van der Waals surface area contributed by atoms with Gasteiger partial charge < -0.3 is 10.5 Å². The number of benzene rings is 1. The van der Waals surface area contributed by atoms with E-state index in [-0.39, 0.29) is 0 Å². The molecule has 0 saturated carbocycles. The first-order valence-corrected chi connectivity index (χ1v) is 7.64. The third-order valence-electron chi connectivity index (χ3n) is 3.30. The maximum atomic E-state index is 6.29. The van der Waals surface area contributed by atoms with E-state index in [1.54, 1.807) is 4.68 Å². The molecule has 6 heteroatoms. The van der Waals surface area contributed by atoms with Gasteiger partial charge in [0.15, 0.2) is 0 Å². The SMILES string of the molecule is CCc1nn(C)c(COc2ccc(CCN)cc2Cl)c1Cl. The molecule has 1 aromatic carbocycles. The highest BCUT2D eigenvalue weighted by molar-refractivity contribution is 6.32. The second kappa shape index (κ2) is 7.16. The molecule has 0 unspecified atom stereocenters. The Hall–Kier alpha value is -1.23. The van der Waals surface area contributed by atoms with E-state index in [0.717, 1.165) is 29.8 Å². The summed E-state index contributed by atoms with van der Waals surface area (Å²) < 4.78 is 7.51. The summed E-state index contributed by atoms with van der Waals surface area (Å²) in [5, 5.41) is 5.60. The third kappa shape index (κ3) is 3.70. The molecule has 0 aliphatic rings. The lowest BCUT2D eigenvalue weighted by Gasteiger charge is -2.10. The van der Waals surface area contributed by atoms with Gasteiger partial charge in [-0.15, -0.1) is 0 Å². The van der Waals surface area contributed by atoms with Crippen molar-refractivity contribution in [3.05, 3.63) is 45.2 Å². The minimum atomic E-state index is 0.332. The Morgan fingerprint density at radius 1 is 1.33 bits per heavy atom. The summed E-state index contributed by atoms with van der Waals surface area (Å²) >= 11 is 12.5. The van der Waals surface area contributed by atoms with Gasteiger partial charge in [-0.1, -0.05) is 36.2 Å². The maximum Gasteiger partial charge on any atom is 0.138 e.